The number of hydrogen-bond acceptors (Lipinski definition) is 3. The molecule has 0 saturated carbocycles. The fourth-order valence-corrected chi connectivity index (χ4v) is 2.21. The molecule has 23 heavy (non-hydrogen) atoms. The zero-order chi connectivity index (χ0) is 17.9. The van der Waals surface area contributed by atoms with Gasteiger partial charge in [0.1, 0.15) is 11.6 Å². The Morgan fingerprint density at radius 3 is 2.35 bits per heavy atom. The minimum atomic E-state index is -4.70. The highest BCUT2D eigenvalue weighted by molar-refractivity contribution is 6.30. The van der Waals surface area contributed by atoms with Gasteiger partial charge in [-0.15, -0.1) is 0 Å². The molecule has 1 atom stereocenters. The molecule has 0 bridgehead atoms. The van der Waals surface area contributed by atoms with E-state index in [2.05, 4.69) is 5.32 Å². The van der Waals surface area contributed by atoms with E-state index in [1.165, 1.54) is 6.92 Å². The molecule has 0 aliphatic rings. The zero-order valence-electron chi connectivity index (χ0n) is 12.7. The predicted octanol–water partition coefficient (Wildman–Crippen LogP) is 2.25. The molecular formula is C14H16ClF3N2O3. The average Bonchev–Trinajstić information content (AvgIpc) is 2.39. The maximum absolute atomic E-state index is 12.7. The minimum absolute atomic E-state index is 0.196. The first-order valence-corrected chi connectivity index (χ1v) is 7.08. The van der Waals surface area contributed by atoms with Crippen LogP contribution in [-0.4, -0.2) is 22.3 Å². The van der Waals surface area contributed by atoms with Crippen LogP contribution in [0.5, 0.6) is 0 Å². The lowest BCUT2D eigenvalue weighted by Crippen LogP contribution is -2.45. The van der Waals surface area contributed by atoms with Crippen LogP contribution in [-0.2, 0) is 22.3 Å². The number of Topliss-reactive ketones (excluding diaryl/α,β-unsaturated/α-hetero) is 1. The van der Waals surface area contributed by atoms with E-state index in [1.807, 2.05) is 0 Å². The Bertz CT molecular complexity index is 668. The fraction of sp³-hybridized carbons (Fsp3) is 0.500. The third-order valence-electron chi connectivity index (χ3n) is 3.10. The molecule has 1 heterocycles. The SMILES string of the molecule is CC(=O)[C@@H](NC(=O)Cn1cc(C(F)(F)F)cc(Cl)c1=O)C(C)C. The zero-order valence-corrected chi connectivity index (χ0v) is 13.5. The molecular weight excluding hydrogens is 337 g/mol. The lowest BCUT2D eigenvalue weighted by Gasteiger charge is -2.20. The monoisotopic (exact) mass is 352 g/mol. The van der Waals surface area contributed by atoms with Gasteiger partial charge in [0.25, 0.3) is 5.56 Å². The highest BCUT2D eigenvalue weighted by atomic mass is 35.5. The summed E-state index contributed by atoms with van der Waals surface area (Å²) in [6.07, 6.45) is -4.18. The van der Waals surface area contributed by atoms with Gasteiger partial charge in [-0.3, -0.25) is 14.4 Å². The first kappa shape index (κ1) is 19.2. The Hall–Kier alpha value is -1.83. The van der Waals surface area contributed by atoms with Crippen molar-refractivity contribution in [3.8, 4) is 0 Å². The number of aromatic nitrogens is 1. The molecule has 0 aromatic carbocycles. The Balaban J connectivity index is 3.05. The maximum Gasteiger partial charge on any atom is 0.417 e. The molecule has 128 valence electrons. The van der Waals surface area contributed by atoms with Crippen molar-refractivity contribution in [3.63, 3.8) is 0 Å². The number of pyridine rings is 1. The molecule has 0 spiro atoms. The second-order valence-corrected chi connectivity index (χ2v) is 5.81. The summed E-state index contributed by atoms with van der Waals surface area (Å²) in [4.78, 5) is 35.1. The van der Waals surface area contributed by atoms with Crippen LogP contribution in [0.15, 0.2) is 17.1 Å². The van der Waals surface area contributed by atoms with E-state index in [4.69, 9.17) is 11.6 Å². The van der Waals surface area contributed by atoms with Crippen molar-refractivity contribution in [1.82, 2.24) is 9.88 Å². The van der Waals surface area contributed by atoms with E-state index in [1.54, 1.807) is 13.8 Å². The number of alkyl halides is 3. The molecule has 5 nitrogen and oxygen atoms in total. The topological polar surface area (TPSA) is 68.2 Å². The number of halogens is 4. The van der Waals surface area contributed by atoms with Gasteiger partial charge in [-0.25, -0.2) is 0 Å². The molecule has 1 amide bonds. The summed E-state index contributed by atoms with van der Waals surface area (Å²) in [5.41, 5.74) is -2.05. The van der Waals surface area contributed by atoms with E-state index < -0.39 is 40.8 Å². The summed E-state index contributed by atoms with van der Waals surface area (Å²) in [6, 6.07) is -0.274. The van der Waals surface area contributed by atoms with Crippen LogP contribution in [0.25, 0.3) is 0 Å². The Morgan fingerprint density at radius 2 is 1.91 bits per heavy atom. The highest BCUT2D eigenvalue weighted by Crippen LogP contribution is 2.29. The molecule has 0 saturated heterocycles. The summed E-state index contributed by atoms with van der Waals surface area (Å²) in [6.45, 7) is 4.04. The van der Waals surface area contributed by atoms with Crippen molar-refractivity contribution in [3.05, 3.63) is 33.2 Å². The largest absolute Gasteiger partial charge is 0.417 e. The van der Waals surface area contributed by atoms with Crippen molar-refractivity contribution in [2.24, 2.45) is 5.92 Å². The summed E-state index contributed by atoms with van der Waals surface area (Å²) in [7, 11) is 0. The standard InChI is InChI=1S/C14H16ClF3N2O3/c1-7(2)12(8(3)21)19-11(22)6-20-5-9(14(16,17)18)4-10(15)13(20)23/h4-5,7,12H,6H2,1-3H3,(H,19,22)/t12-/m0/s1. The molecule has 9 heteroatoms. The van der Waals surface area contributed by atoms with E-state index in [-0.39, 0.29) is 11.7 Å². The van der Waals surface area contributed by atoms with Gasteiger partial charge in [-0.2, -0.15) is 13.2 Å². The molecule has 1 N–H and O–H groups in total. The van der Waals surface area contributed by atoms with E-state index in [0.717, 1.165) is 0 Å². The molecule has 0 fully saturated rings. The van der Waals surface area contributed by atoms with Crippen molar-refractivity contribution in [2.45, 2.75) is 39.5 Å². The molecule has 0 radical (unpaired) electrons. The van der Waals surface area contributed by atoms with Crippen molar-refractivity contribution in [1.29, 1.82) is 0 Å². The van der Waals surface area contributed by atoms with E-state index in [9.17, 15) is 27.6 Å². The predicted molar refractivity (Wildman–Crippen MR) is 78.2 cm³/mol. The van der Waals surface area contributed by atoms with Gasteiger partial charge in [0.2, 0.25) is 5.91 Å². The van der Waals surface area contributed by atoms with Gasteiger partial charge in [-0.05, 0) is 18.9 Å². The van der Waals surface area contributed by atoms with Crippen LogP contribution in [0, 0.1) is 5.92 Å². The summed E-state index contributed by atoms with van der Waals surface area (Å²) in [5, 5.41) is 1.76. The number of carbonyl (C=O) groups excluding carboxylic acids is 2. The van der Waals surface area contributed by atoms with Crippen LogP contribution < -0.4 is 10.9 Å². The van der Waals surface area contributed by atoms with Gasteiger partial charge >= 0.3 is 6.18 Å². The molecule has 1 aromatic heterocycles. The van der Waals surface area contributed by atoms with Gasteiger partial charge in [-0.1, -0.05) is 25.4 Å². The van der Waals surface area contributed by atoms with Crippen LogP contribution in [0.2, 0.25) is 5.02 Å². The fourth-order valence-electron chi connectivity index (χ4n) is 1.98. The average molecular weight is 353 g/mol. The molecule has 0 unspecified atom stereocenters. The number of nitrogens with one attached hydrogen (secondary N) is 1. The first-order valence-electron chi connectivity index (χ1n) is 6.70. The van der Waals surface area contributed by atoms with Crippen molar-refractivity contribution in [2.75, 3.05) is 0 Å². The van der Waals surface area contributed by atoms with Crippen LogP contribution >= 0.6 is 11.6 Å². The third kappa shape index (κ3) is 5.09. The lowest BCUT2D eigenvalue weighted by molar-refractivity contribution is -0.138. The molecule has 1 aromatic rings. The number of rotatable bonds is 5. The molecule has 0 aliphatic carbocycles. The van der Waals surface area contributed by atoms with Gasteiger partial charge in [0, 0.05) is 6.20 Å². The first-order chi connectivity index (χ1) is 10.4. The number of hydrogen-bond donors (Lipinski definition) is 1. The second kappa shape index (κ2) is 7.16. The Kier molecular flexibility index (Phi) is 5.98. The third-order valence-corrected chi connectivity index (χ3v) is 3.38. The number of carbonyl (C=O) groups is 2. The van der Waals surface area contributed by atoms with E-state index in [0.29, 0.717) is 16.8 Å². The highest BCUT2D eigenvalue weighted by Gasteiger charge is 2.32. The Morgan fingerprint density at radius 1 is 1.35 bits per heavy atom. The van der Waals surface area contributed by atoms with E-state index >= 15 is 0 Å². The number of amides is 1. The number of nitrogens with zero attached hydrogens (tertiary/aromatic N) is 1. The van der Waals surface area contributed by atoms with Crippen molar-refractivity contribution >= 4 is 23.3 Å². The summed E-state index contributed by atoms with van der Waals surface area (Å²) < 4.78 is 38.7. The minimum Gasteiger partial charge on any atom is -0.344 e. The van der Waals surface area contributed by atoms with Crippen molar-refractivity contribution < 1.29 is 22.8 Å². The van der Waals surface area contributed by atoms with Gasteiger partial charge < -0.3 is 9.88 Å². The Labute approximate surface area is 135 Å². The second-order valence-electron chi connectivity index (χ2n) is 5.41. The van der Waals surface area contributed by atoms with Gasteiger partial charge in [0.05, 0.1) is 11.6 Å². The molecule has 0 aliphatic heterocycles. The quantitative estimate of drug-likeness (QED) is 0.883. The normalized spacial score (nSPS) is 13.0. The molecule has 1 rings (SSSR count). The summed E-state index contributed by atoms with van der Waals surface area (Å²) >= 11 is 5.50. The smallest absolute Gasteiger partial charge is 0.344 e. The van der Waals surface area contributed by atoms with Crippen LogP contribution in [0.4, 0.5) is 13.2 Å². The van der Waals surface area contributed by atoms with Gasteiger partial charge in [0.15, 0.2) is 5.78 Å². The van der Waals surface area contributed by atoms with Crippen LogP contribution in [0.3, 0.4) is 0 Å². The summed E-state index contributed by atoms with van der Waals surface area (Å²) in [5.74, 6) is -1.24. The lowest BCUT2D eigenvalue weighted by atomic mass is 10.0. The number of ketones is 1. The van der Waals surface area contributed by atoms with Crippen LogP contribution in [0.1, 0.15) is 26.3 Å². The maximum atomic E-state index is 12.7.